The van der Waals surface area contributed by atoms with Gasteiger partial charge in [0, 0.05) is 8.04 Å². The predicted octanol–water partition coefficient (Wildman–Crippen LogP) is 5.98. The predicted molar refractivity (Wildman–Crippen MR) is 125 cm³/mol. The van der Waals surface area contributed by atoms with Crippen LogP contribution in [0.1, 0.15) is 16.7 Å². The van der Waals surface area contributed by atoms with Gasteiger partial charge in [-0.3, -0.25) is 0 Å². The Hall–Kier alpha value is -2.45. The molecule has 0 aromatic heterocycles. The van der Waals surface area contributed by atoms with Gasteiger partial charge in [0.2, 0.25) is 5.90 Å². The van der Waals surface area contributed by atoms with Gasteiger partial charge < -0.3 is 9.47 Å². The summed E-state index contributed by atoms with van der Waals surface area (Å²) in [6.07, 6.45) is 1.70. The highest BCUT2D eigenvalue weighted by Gasteiger charge is 2.25. The summed E-state index contributed by atoms with van der Waals surface area (Å²) in [4.78, 5) is 16.5. The average Bonchev–Trinajstić information content (AvgIpc) is 3.09. The third-order valence-electron chi connectivity index (χ3n) is 4.23. The van der Waals surface area contributed by atoms with Gasteiger partial charge in [0.05, 0.1) is 5.56 Å². The second-order valence-corrected chi connectivity index (χ2v) is 8.40. The first-order chi connectivity index (χ1) is 14.1. The molecule has 0 fully saturated rings. The van der Waals surface area contributed by atoms with Gasteiger partial charge in [-0.25, -0.2) is 9.79 Å². The molecule has 0 unspecified atom stereocenters. The fourth-order valence-corrected chi connectivity index (χ4v) is 3.54. The second kappa shape index (κ2) is 8.92. The number of aliphatic imine (C=N–C) groups is 1. The Morgan fingerprint density at radius 3 is 2.45 bits per heavy atom. The third-order valence-corrected chi connectivity index (χ3v) is 5.64. The summed E-state index contributed by atoms with van der Waals surface area (Å²) in [5.41, 5.74) is 2.96. The van der Waals surface area contributed by atoms with Crippen LogP contribution in [0.25, 0.3) is 6.08 Å². The molecular weight excluding hydrogens is 545 g/mol. The van der Waals surface area contributed by atoms with E-state index < -0.39 is 5.97 Å². The minimum Gasteiger partial charge on any atom is -0.489 e. The first-order valence-corrected chi connectivity index (χ1v) is 10.7. The van der Waals surface area contributed by atoms with Gasteiger partial charge in [-0.2, -0.15) is 0 Å². The highest BCUT2D eigenvalue weighted by Crippen LogP contribution is 2.24. The second-order valence-electron chi connectivity index (χ2n) is 6.30. The Morgan fingerprint density at radius 2 is 1.72 bits per heavy atom. The molecule has 4 nitrogen and oxygen atoms in total. The highest BCUT2D eigenvalue weighted by molar-refractivity contribution is 14.1. The Morgan fingerprint density at radius 1 is 1.00 bits per heavy atom. The van der Waals surface area contributed by atoms with Crippen molar-refractivity contribution in [2.24, 2.45) is 4.99 Å². The number of rotatable bonds is 5. The number of cyclic esters (lactones) is 1. The van der Waals surface area contributed by atoms with E-state index in [0.29, 0.717) is 12.5 Å². The van der Waals surface area contributed by atoms with E-state index >= 15 is 0 Å². The summed E-state index contributed by atoms with van der Waals surface area (Å²) in [5, 5.41) is 0. The van der Waals surface area contributed by atoms with E-state index in [1.807, 2.05) is 60.7 Å². The molecule has 0 aliphatic carbocycles. The van der Waals surface area contributed by atoms with Crippen molar-refractivity contribution in [2.75, 3.05) is 0 Å². The molecule has 144 valence electrons. The van der Waals surface area contributed by atoms with Crippen LogP contribution in [-0.4, -0.2) is 11.9 Å². The summed E-state index contributed by atoms with van der Waals surface area (Å²) >= 11 is 5.73. The van der Waals surface area contributed by atoms with Crippen LogP contribution in [0.4, 0.5) is 0 Å². The van der Waals surface area contributed by atoms with E-state index in [1.165, 1.54) is 3.57 Å². The van der Waals surface area contributed by atoms with E-state index in [1.54, 1.807) is 6.08 Å². The van der Waals surface area contributed by atoms with Crippen LogP contribution in [-0.2, 0) is 16.1 Å². The van der Waals surface area contributed by atoms with Crippen LogP contribution in [0.3, 0.4) is 0 Å². The van der Waals surface area contributed by atoms with Crippen molar-refractivity contribution in [1.29, 1.82) is 0 Å². The molecular formula is C23H15BrINO3. The van der Waals surface area contributed by atoms with Crippen LogP contribution in [0, 0.1) is 3.57 Å². The summed E-state index contributed by atoms with van der Waals surface area (Å²) < 4.78 is 13.2. The number of carbonyl (C=O) groups is 1. The summed E-state index contributed by atoms with van der Waals surface area (Å²) in [5.74, 6) is 0.595. The van der Waals surface area contributed by atoms with Crippen LogP contribution >= 0.6 is 38.5 Å². The van der Waals surface area contributed by atoms with Gasteiger partial charge in [0.1, 0.15) is 12.4 Å². The molecule has 6 heteroatoms. The molecule has 0 N–H and O–H groups in total. The molecule has 0 amide bonds. The third kappa shape index (κ3) is 4.94. The van der Waals surface area contributed by atoms with Crippen LogP contribution < -0.4 is 4.74 Å². The quantitative estimate of drug-likeness (QED) is 0.219. The van der Waals surface area contributed by atoms with Gasteiger partial charge in [0.25, 0.3) is 0 Å². The Labute approximate surface area is 190 Å². The minimum atomic E-state index is -0.463. The van der Waals surface area contributed by atoms with E-state index in [4.69, 9.17) is 9.47 Å². The lowest BCUT2D eigenvalue weighted by atomic mass is 10.2. The SMILES string of the molecule is O=C1OC(c2ccccc2Br)=N/C1=C\c1ccc(OCc2ccc(I)cc2)cc1. The number of nitrogens with zero attached hydrogens (tertiary/aromatic N) is 1. The number of carbonyl (C=O) groups excluding carboxylic acids is 1. The van der Waals surface area contributed by atoms with Crippen molar-refractivity contribution in [2.45, 2.75) is 6.61 Å². The topological polar surface area (TPSA) is 47.9 Å². The molecule has 1 heterocycles. The van der Waals surface area contributed by atoms with Crippen molar-refractivity contribution in [3.8, 4) is 5.75 Å². The number of halogens is 2. The molecule has 3 aromatic rings. The number of ether oxygens (including phenoxy) is 2. The summed E-state index contributed by atoms with van der Waals surface area (Å²) in [6.45, 7) is 0.503. The average molecular weight is 560 g/mol. The highest BCUT2D eigenvalue weighted by atomic mass is 127. The lowest BCUT2D eigenvalue weighted by Crippen LogP contribution is -2.05. The van der Waals surface area contributed by atoms with Crippen molar-refractivity contribution in [3.05, 3.63) is 103 Å². The van der Waals surface area contributed by atoms with Crippen molar-refractivity contribution in [3.63, 3.8) is 0 Å². The summed E-state index contributed by atoms with van der Waals surface area (Å²) in [6, 6.07) is 23.2. The fraction of sp³-hybridized carbons (Fsp3) is 0.0435. The largest absolute Gasteiger partial charge is 0.489 e. The molecule has 0 spiro atoms. The van der Waals surface area contributed by atoms with Gasteiger partial charge >= 0.3 is 5.97 Å². The molecule has 1 aliphatic rings. The molecule has 1 aliphatic heterocycles. The zero-order valence-electron chi connectivity index (χ0n) is 15.1. The van der Waals surface area contributed by atoms with Crippen LogP contribution in [0.15, 0.2) is 88.0 Å². The van der Waals surface area contributed by atoms with E-state index in [9.17, 15) is 4.79 Å². The number of hydrogen-bond donors (Lipinski definition) is 0. The lowest BCUT2D eigenvalue weighted by molar-refractivity contribution is -0.129. The smallest absolute Gasteiger partial charge is 0.363 e. The summed E-state index contributed by atoms with van der Waals surface area (Å²) in [7, 11) is 0. The first kappa shape index (κ1) is 19.8. The molecule has 0 atom stereocenters. The normalized spacial score (nSPS) is 14.6. The molecule has 3 aromatic carbocycles. The number of hydrogen-bond acceptors (Lipinski definition) is 4. The van der Waals surface area contributed by atoms with E-state index in [0.717, 1.165) is 26.9 Å². The van der Waals surface area contributed by atoms with E-state index in [2.05, 4.69) is 55.6 Å². The molecule has 29 heavy (non-hydrogen) atoms. The Balaban J connectivity index is 1.46. The fourth-order valence-electron chi connectivity index (χ4n) is 2.72. The van der Waals surface area contributed by atoms with Crippen LogP contribution in [0.2, 0.25) is 0 Å². The lowest BCUT2D eigenvalue weighted by Gasteiger charge is -2.06. The number of benzene rings is 3. The minimum absolute atomic E-state index is 0.267. The maximum Gasteiger partial charge on any atom is 0.363 e. The van der Waals surface area contributed by atoms with Gasteiger partial charge in [-0.05, 0) is 92.1 Å². The zero-order valence-corrected chi connectivity index (χ0v) is 18.9. The standard InChI is InChI=1S/C23H15BrINO3/c24-20-4-2-1-3-19(20)22-26-21(23(27)29-22)13-15-7-11-18(12-8-15)28-14-16-5-9-17(25)10-6-16/h1-13H,14H2/b21-13-. The Bertz CT molecular complexity index is 1110. The molecule has 4 rings (SSSR count). The zero-order chi connectivity index (χ0) is 20.2. The van der Waals surface area contributed by atoms with Crippen molar-refractivity contribution >= 4 is 56.5 Å². The molecule has 0 saturated carbocycles. The maximum absolute atomic E-state index is 12.2. The van der Waals surface area contributed by atoms with Gasteiger partial charge in [0.15, 0.2) is 5.70 Å². The maximum atomic E-state index is 12.2. The molecule has 0 bridgehead atoms. The van der Waals surface area contributed by atoms with Crippen molar-refractivity contribution < 1.29 is 14.3 Å². The first-order valence-electron chi connectivity index (χ1n) is 8.83. The van der Waals surface area contributed by atoms with Gasteiger partial charge in [-0.1, -0.05) is 36.4 Å². The van der Waals surface area contributed by atoms with Crippen molar-refractivity contribution in [1.82, 2.24) is 0 Å². The Kier molecular flexibility index (Phi) is 6.10. The molecule has 0 radical (unpaired) electrons. The molecule has 0 saturated heterocycles. The van der Waals surface area contributed by atoms with E-state index in [-0.39, 0.29) is 5.70 Å². The monoisotopic (exact) mass is 559 g/mol. The van der Waals surface area contributed by atoms with Gasteiger partial charge in [-0.15, -0.1) is 0 Å². The number of esters is 1. The van der Waals surface area contributed by atoms with Crippen LogP contribution in [0.5, 0.6) is 5.75 Å².